The first-order valence-corrected chi connectivity index (χ1v) is 4.24. The first-order valence-electron chi connectivity index (χ1n) is 3.86. The summed E-state index contributed by atoms with van der Waals surface area (Å²) in [7, 11) is 0. The minimum Gasteiger partial charge on any atom is -0.299 e. The first-order chi connectivity index (χ1) is 5.63. The van der Waals surface area contributed by atoms with E-state index in [1.807, 2.05) is 0 Å². The molecule has 0 spiro atoms. The number of allylic oxidation sites excluding steroid dienone is 1. The van der Waals surface area contributed by atoms with Crippen molar-refractivity contribution in [3.8, 4) is 0 Å². The molecule has 1 fully saturated rings. The predicted molar refractivity (Wildman–Crippen MR) is 42.1 cm³/mol. The highest BCUT2D eigenvalue weighted by molar-refractivity contribution is 6.31. The fraction of sp³-hybridized carbons (Fsp3) is 0.625. The summed E-state index contributed by atoms with van der Waals surface area (Å²) in [6, 6.07) is 0. The third kappa shape index (κ3) is 2.03. The van der Waals surface area contributed by atoms with Gasteiger partial charge in [-0.15, -0.1) is 0 Å². The highest BCUT2D eigenvalue weighted by Gasteiger charge is 2.27. The van der Waals surface area contributed by atoms with Crippen molar-refractivity contribution in [2.45, 2.75) is 25.7 Å². The summed E-state index contributed by atoms with van der Waals surface area (Å²) in [4.78, 5) is 11.1. The topological polar surface area (TPSA) is 17.1 Å². The molecule has 0 aromatic heterocycles. The Kier molecular flexibility index (Phi) is 3.20. The van der Waals surface area contributed by atoms with E-state index >= 15 is 0 Å². The van der Waals surface area contributed by atoms with Crippen LogP contribution in [0.3, 0.4) is 0 Å². The smallest absolute Gasteiger partial charge is 0.285 e. The lowest BCUT2D eigenvalue weighted by molar-refractivity contribution is -0.123. The van der Waals surface area contributed by atoms with E-state index in [0.717, 1.165) is 12.8 Å². The van der Waals surface area contributed by atoms with Crippen LogP contribution in [0.15, 0.2) is 11.1 Å². The van der Waals surface area contributed by atoms with Crippen LogP contribution < -0.4 is 0 Å². The zero-order valence-electron chi connectivity index (χ0n) is 6.45. The van der Waals surface area contributed by atoms with Gasteiger partial charge in [-0.3, -0.25) is 4.79 Å². The molecular formula is C8H9ClF2O. The number of carbonyl (C=O) groups is 1. The summed E-state index contributed by atoms with van der Waals surface area (Å²) >= 11 is 5.30. The zero-order valence-corrected chi connectivity index (χ0v) is 7.20. The average Bonchev–Trinajstić information content (AvgIpc) is 2.04. The van der Waals surface area contributed by atoms with Crippen LogP contribution in [0.25, 0.3) is 0 Å². The second-order valence-electron chi connectivity index (χ2n) is 2.87. The third-order valence-electron chi connectivity index (χ3n) is 2.04. The molecule has 68 valence electrons. The van der Waals surface area contributed by atoms with Crippen molar-refractivity contribution in [2.75, 3.05) is 0 Å². The molecular weight excluding hydrogens is 186 g/mol. The summed E-state index contributed by atoms with van der Waals surface area (Å²) in [6.45, 7) is 0. The molecule has 1 saturated carbocycles. The van der Waals surface area contributed by atoms with Crippen molar-refractivity contribution < 1.29 is 13.6 Å². The van der Waals surface area contributed by atoms with E-state index in [2.05, 4.69) is 0 Å². The second-order valence-corrected chi connectivity index (χ2v) is 3.28. The molecule has 0 radical (unpaired) electrons. The minimum atomic E-state index is -1.92. The highest BCUT2D eigenvalue weighted by atomic mass is 35.5. The lowest BCUT2D eigenvalue weighted by atomic mass is 9.88. The first kappa shape index (κ1) is 9.65. The van der Waals surface area contributed by atoms with E-state index in [9.17, 15) is 13.6 Å². The second kappa shape index (κ2) is 3.99. The quantitative estimate of drug-likeness (QED) is 0.627. The molecule has 4 heteroatoms. The Bertz CT molecular complexity index is 221. The number of ketones is 1. The fourth-order valence-corrected chi connectivity index (χ4v) is 1.61. The summed E-state index contributed by atoms with van der Waals surface area (Å²) in [5.41, 5.74) is 0. The van der Waals surface area contributed by atoms with E-state index in [-0.39, 0.29) is 5.78 Å². The van der Waals surface area contributed by atoms with Gasteiger partial charge in [-0.2, -0.15) is 8.78 Å². The third-order valence-corrected chi connectivity index (χ3v) is 2.45. The van der Waals surface area contributed by atoms with Gasteiger partial charge < -0.3 is 0 Å². The van der Waals surface area contributed by atoms with Crippen LogP contribution in [0.2, 0.25) is 0 Å². The minimum absolute atomic E-state index is 0.154. The lowest BCUT2D eigenvalue weighted by Crippen LogP contribution is -2.19. The molecule has 0 bridgehead atoms. The molecule has 0 aromatic carbocycles. The Morgan fingerprint density at radius 2 is 2.08 bits per heavy atom. The molecule has 0 amide bonds. The maximum Gasteiger partial charge on any atom is 0.285 e. The maximum absolute atomic E-state index is 12.0. The lowest BCUT2D eigenvalue weighted by Gasteiger charge is -2.18. The van der Waals surface area contributed by atoms with Crippen molar-refractivity contribution in [3.63, 3.8) is 0 Å². The van der Waals surface area contributed by atoms with Gasteiger partial charge >= 0.3 is 0 Å². The summed E-state index contributed by atoms with van der Waals surface area (Å²) in [5.74, 6) is -0.885. The van der Waals surface area contributed by atoms with Crippen molar-refractivity contribution in [1.82, 2.24) is 0 Å². The molecule has 1 nitrogen and oxygen atoms in total. The van der Waals surface area contributed by atoms with Gasteiger partial charge in [0, 0.05) is 6.42 Å². The summed E-state index contributed by atoms with van der Waals surface area (Å²) < 4.78 is 24.0. The molecule has 0 aromatic rings. The molecule has 0 N–H and O–H groups in total. The molecule has 12 heavy (non-hydrogen) atoms. The molecule has 1 aliphatic rings. The van der Waals surface area contributed by atoms with Crippen LogP contribution >= 0.6 is 11.6 Å². The molecule has 1 atom stereocenters. The molecule has 1 unspecified atom stereocenters. The van der Waals surface area contributed by atoms with Crippen molar-refractivity contribution in [3.05, 3.63) is 11.1 Å². The number of Topliss-reactive ketones (excluding diaryl/α,β-unsaturated/α-hetero) is 1. The highest BCUT2D eigenvalue weighted by Crippen LogP contribution is 2.31. The molecule has 0 saturated heterocycles. The van der Waals surface area contributed by atoms with Gasteiger partial charge in [0.1, 0.15) is 5.78 Å². The van der Waals surface area contributed by atoms with Crippen molar-refractivity contribution in [2.24, 2.45) is 5.92 Å². The number of hydrogen-bond acceptors (Lipinski definition) is 1. The van der Waals surface area contributed by atoms with Crippen LogP contribution in [-0.2, 0) is 4.79 Å². The van der Waals surface area contributed by atoms with E-state index in [4.69, 9.17) is 11.6 Å². The number of hydrogen-bond donors (Lipinski definition) is 0. The molecule has 0 aliphatic heterocycles. The number of carbonyl (C=O) groups excluding carboxylic acids is 1. The predicted octanol–water partition coefficient (Wildman–Crippen LogP) is 3.09. The SMILES string of the molecule is O=C1CCCCC1C(Cl)=C(F)F. The van der Waals surface area contributed by atoms with Gasteiger partial charge in [-0.05, 0) is 12.8 Å². The molecule has 1 aliphatic carbocycles. The monoisotopic (exact) mass is 194 g/mol. The van der Waals surface area contributed by atoms with Gasteiger partial charge in [0.05, 0.1) is 11.0 Å². The Morgan fingerprint density at radius 1 is 1.42 bits per heavy atom. The van der Waals surface area contributed by atoms with Gasteiger partial charge in [0.15, 0.2) is 0 Å². The van der Waals surface area contributed by atoms with Crippen LogP contribution in [0.1, 0.15) is 25.7 Å². The normalized spacial score (nSPS) is 23.9. The van der Waals surface area contributed by atoms with Gasteiger partial charge in [0.25, 0.3) is 6.08 Å². The number of halogens is 3. The fourth-order valence-electron chi connectivity index (χ4n) is 1.38. The van der Waals surface area contributed by atoms with E-state index in [0.29, 0.717) is 12.8 Å². The van der Waals surface area contributed by atoms with Crippen molar-refractivity contribution >= 4 is 17.4 Å². The largest absolute Gasteiger partial charge is 0.299 e. The Labute approximate surface area is 74.4 Å². The van der Waals surface area contributed by atoms with Crippen molar-refractivity contribution in [1.29, 1.82) is 0 Å². The molecule has 0 heterocycles. The Balaban J connectivity index is 2.73. The van der Waals surface area contributed by atoms with E-state index in [1.54, 1.807) is 0 Å². The number of rotatable bonds is 1. The van der Waals surface area contributed by atoms with Crippen LogP contribution in [0, 0.1) is 5.92 Å². The van der Waals surface area contributed by atoms with Gasteiger partial charge in [-0.1, -0.05) is 18.0 Å². The van der Waals surface area contributed by atoms with E-state index in [1.165, 1.54) is 0 Å². The molecule has 1 rings (SSSR count). The standard InChI is InChI=1S/C8H9ClF2O/c9-7(8(10)11)5-3-1-2-4-6(5)12/h5H,1-4H2. The Hall–Kier alpha value is -0.440. The maximum atomic E-state index is 12.0. The summed E-state index contributed by atoms with van der Waals surface area (Å²) in [5, 5.41) is -0.556. The summed E-state index contributed by atoms with van der Waals surface area (Å²) in [6.07, 6.45) is 0.535. The van der Waals surface area contributed by atoms with Crippen LogP contribution in [0.5, 0.6) is 0 Å². The van der Waals surface area contributed by atoms with Crippen LogP contribution in [-0.4, -0.2) is 5.78 Å². The van der Waals surface area contributed by atoms with Gasteiger partial charge in [-0.25, -0.2) is 0 Å². The van der Waals surface area contributed by atoms with Gasteiger partial charge in [0.2, 0.25) is 0 Å². The average molecular weight is 195 g/mol. The Morgan fingerprint density at radius 3 is 2.58 bits per heavy atom. The zero-order chi connectivity index (χ0) is 9.14. The van der Waals surface area contributed by atoms with Crippen LogP contribution in [0.4, 0.5) is 8.78 Å². The van der Waals surface area contributed by atoms with E-state index < -0.39 is 17.0 Å².